The van der Waals surface area contributed by atoms with Gasteiger partial charge in [0, 0.05) is 48.1 Å². The summed E-state index contributed by atoms with van der Waals surface area (Å²) in [6.07, 6.45) is 4.30. The molecule has 30 heavy (non-hydrogen) atoms. The Hall–Kier alpha value is -3.16. The highest BCUT2D eigenvalue weighted by molar-refractivity contribution is 5.95. The molecular formula is C22H19F3N4O. The van der Waals surface area contributed by atoms with Crippen molar-refractivity contribution in [3.63, 3.8) is 0 Å². The summed E-state index contributed by atoms with van der Waals surface area (Å²) in [5.74, 6) is -2.24. The van der Waals surface area contributed by atoms with Crippen molar-refractivity contribution in [3.8, 4) is 11.3 Å². The van der Waals surface area contributed by atoms with Crippen LogP contribution in [0.15, 0.2) is 36.5 Å². The van der Waals surface area contributed by atoms with Crippen molar-refractivity contribution in [2.45, 2.75) is 37.8 Å². The molecule has 1 aromatic carbocycles. The molecule has 1 saturated heterocycles. The van der Waals surface area contributed by atoms with E-state index in [1.165, 1.54) is 24.4 Å². The van der Waals surface area contributed by atoms with E-state index in [1.54, 1.807) is 16.6 Å². The van der Waals surface area contributed by atoms with E-state index < -0.39 is 17.6 Å². The number of fused-ring (bicyclic) bond motifs is 4. The predicted octanol–water partition coefficient (Wildman–Crippen LogP) is 4.19. The summed E-state index contributed by atoms with van der Waals surface area (Å²) in [4.78, 5) is 18.5. The van der Waals surface area contributed by atoms with E-state index in [4.69, 9.17) is 0 Å². The summed E-state index contributed by atoms with van der Waals surface area (Å²) in [7, 11) is 1.74. The zero-order valence-corrected chi connectivity index (χ0v) is 16.3. The van der Waals surface area contributed by atoms with E-state index in [1.807, 2.05) is 0 Å². The third-order valence-electron chi connectivity index (χ3n) is 6.02. The molecule has 0 N–H and O–H groups in total. The van der Waals surface area contributed by atoms with Gasteiger partial charge in [0.15, 0.2) is 0 Å². The van der Waals surface area contributed by atoms with Crippen molar-refractivity contribution >= 4 is 5.91 Å². The molecule has 4 heterocycles. The van der Waals surface area contributed by atoms with Crippen LogP contribution in [0.3, 0.4) is 0 Å². The maximum Gasteiger partial charge on any atom is 0.254 e. The Bertz CT molecular complexity index is 1140. The highest BCUT2D eigenvalue weighted by atomic mass is 19.1. The molecular weight excluding hydrogens is 393 g/mol. The minimum atomic E-state index is -0.697. The number of benzene rings is 1. The second kappa shape index (κ2) is 6.97. The van der Waals surface area contributed by atoms with Crippen molar-refractivity contribution in [2.24, 2.45) is 7.05 Å². The summed E-state index contributed by atoms with van der Waals surface area (Å²) >= 11 is 0. The second-order valence-electron chi connectivity index (χ2n) is 7.88. The third-order valence-corrected chi connectivity index (χ3v) is 6.02. The highest BCUT2D eigenvalue weighted by Gasteiger charge is 2.43. The molecule has 3 aromatic rings. The van der Waals surface area contributed by atoms with Crippen LogP contribution in [-0.2, 0) is 13.5 Å². The van der Waals surface area contributed by atoms with Gasteiger partial charge in [0.2, 0.25) is 5.95 Å². The lowest BCUT2D eigenvalue weighted by molar-refractivity contribution is 0.0391. The lowest BCUT2D eigenvalue weighted by Crippen LogP contribution is -2.49. The van der Waals surface area contributed by atoms with Gasteiger partial charge in [-0.3, -0.25) is 9.48 Å². The molecule has 0 radical (unpaired) electrons. The normalized spacial score (nSPS) is 20.2. The van der Waals surface area contributed by atoms with Gasteiger partial charge in [-0.1, -0.05) is 0 Å². The summed E-state index contributed by atoms with van der Waals surface area (Å²) in [6, 6.07) is 5.76. The van der Waals surface area contributed by atoms with Crippen molar-refractivity contribution in [2.75, 3.05) is 0 Å². The average Bonchev–Trinajstić information content (AvgIpc) is 3.02. The Balaban J connectivity index is 1.59. The Morgan fingerprint density at radius 3 is 2.60 bits per heavy atom. The van der Waals surface area contributed by atoms with E-state index >= 15 is 0 Å². The first-order valence-electron chi connectivity index (χ1n) is 9.89. The number of piperidine rings is 1. The molecule has 1 fully saturated rings. The SMILES string of the molecule is Cn1nc2c(c1-c1cc(F)cc(F)c1)C[C@H]1CCC[C@@H]2N1C(=O)c1ccnc(F)c1. The van der Waals surface area contributed by atoms with E-state index in [0.717, 1.165) is 42.7 Å². The molecule has 2 aromatic heterocycles. The molecule has 2 bridgehead atoms. The number of halogens is 3. The number of carbonyl (C=O) groups is 1. The van der Waals surface area contributed by atoms with Gasteiger partial charge in [-0.15, -0.1) is 0 Å². The largest absolute Gasteiger partial charge is 0.327 e. The van der Waals surface area contributed by atoms with Crippen LogP contribution < -0.4 is 0 Å². The molecule has 2 aliphatic heterocycles. The molecule has 0 spiro atoms. The number of pyridine rings is 1. The fourth-order valence-electron chi connectivity index (χ4n) is 4.89. The standard InChI is InChI=1S/C22H19F3N4O/c1-28-21(13-7-14(23)10-15(24)8-13)17-11-16-3-2-4-18(20(17)27-28)29(16)22(30)12-5-6-26-19(25)9-12/h5-10,16,18H,2-4,11H2,1H3/t16-,18+/m1/s1. The van der Waals surface area contributed by atoms with Crippen LogP contribution in [0, 0.1) is 17.6 Å². The van der Waals surface area contributed by atoms with Crippen molar-refractivity contribution < 1.29 is 18.0 Å². The molecule has 2 atom stereocenters. The highest BCUT2D eigenvalue weighted by Crippen LogP contribution is 2.45. The van der Waals surface area contributed by atoms with Gasteiger partial charge in [-0.05, 0) is 43.9 Å². The molecule has 0 aliphatic carbocycles. The molecule has 154 valence electrons. The number of hydrogen-bond donors (Lipinski definition) is 0. The van der Waals surface area contributed by atoms with Gasteiger partial charge in [0.1, 0.15) is 11.6 Å². The Kier molecular flexibility index (Phi) is 4.38. The van der Waals surface area contributed by atoms with Crippen molar-refractivity contribution in [1.29, 1.82) is 0 Å². The van der Waals surface area contributed by atoms with Gasteiger partial charge in [0.05, 0.1) is 17.4 Å². The number of aryl methyl sites for hydroxylation is 1. The van der Waals surface area contributed by atoms with Crippen LogP contribution in [0.5, 0.6) is 0 Å². The van der Waals surface area contributed by atoms with Crippen LogP contribution in [-0.4, -0.2) is 31.6 Å². The molecule has 5 rings (SSSR count). The zero-order chi connectivity index (χ0) is 21.0. The van der Waals surface area contributed by atoms with Gasteiger partial charge in [0.25, 0.3) is 5.91 Å². The monoisotopic (exact) mass is 412 g/mol. The Morgan fingerprint density at radius 2 is 1.87 bits per heavy atom. The lowest BCUT2D eigenvalue weighted by atomic mass is 9.81. The number of rotatable bonds is 2. The smallest absolute Gasteiger partial charge is 0.254 e. The topological polar surface area (TPSA) is 51.0 Å². The first-order chi connectivity index (χ1) is 14.4. The number of aromatic nitrogens is 3. The Labute approximate surface area is 171 Å². The summed E-state index contributed by atoms with van der Waals surface area (Å²) < 4.78 is 42.9. The first-order valence-corrected chi connectivity index (χ1v) is 9.89. The minimum Gasteiger partial charge on any atom is -0.327 e. The molecule has 0 unspecified atom stereocenters. The quantitative estimate of drug-likeness (QED) is 0.593. The second-order valence-corrected chi connectivity index (χ2v) is 7.88. The van der Waals surface area contributed by atoms with E-state index in [2.05, 4.69) is 10.1 Å². The van der Waals surface area contributed by atoms with Crippen LogP contribution in [0.4, 0.5) is 13.2 Å². The summed E-state index contributed by atoms with van der Waals surface area (Å²) in [6.45, 7) is 0. The number of hydrogen-bond acceptors (Lipinski definition) is 3. The maximum absolute atomic E-state index is 13.8. The van der Waals surface area contributed by atoms with Gasteiger partial charge in [-0.2, -0.15) is 9.49 Å². The van der Waals surface area contributed by atoms with Crippen molar-refractivity contribution in [3.05, 3.63) is 70.9 Å². The van der Waals surface area contributed by atoms with Crippen molar-refractivity contribution in [1.82, 2.24) is 19.7 Å². The van der Waals surface area contributed by atoms with Gasteiger partial charge < -0.3 is 4.90 Å². The third kappa shape index (κ3) is 2.98. The fourth-order valence-corrected chi connectivity index (χ4v) is 4.89. The molecule has 5 nitrogen and oxygen atoms in total. The summed E-state index contributed by atoms with van der Waals surface area (Å²) in [5, 5.41) is 4.64. The zero-order valence-electron chi connectivity index (χ0n) is 16.3. The molecule has 1 amide bonds. The fraction of sp³-hybridized carbons (Fsp3) is 0.318. The van der Waals surface area contributed by atoms with Gasteiger partial charge in [-0.25, -0.2) is 13.8 Å². The first kappa shape index (κ1) is 18.8. The van der Waals surface area contributed by atoms with Crippen LogP contribution >= 0.6 is 0 Å². The minimum absolute atomic E-state index is 0.0821. The lowest BCUT2D eigenvalue weighted by Gasteiger charge is -2.45. The Morgan fingerprint density at radius 1 is 1.10 bits per heavy atom. The number of carbonyl (C=O) groups excluding carboxylic acids is 1. The number of amides is 1. The van der Waals surface area contributed by atoms with Gasteiger partial charge >= 0.3 is 0 Å². The number of nitrogens with zero attached hydrogens (tertiary/aromatic N) is 4. The van der Waals surface area contributed by atoms with Crippen LogP contribution in [0.2, 0.25) is 0 Å². The maximum atomic E-state index is 13.8. The van der Waals surface area contributed by atoms with E-state index in [0.29, 0.717) is 17.7 Å². The van der Waals surface area contributed by atoms with E-state index in [9.17, 15) is 18.0 Å². The predicted molar refractivity (Wildman–Crippen MR) is 103 cm³/mol. The average molecular weight is 412 g/mol. The van der Waals surface area contributed by atoms with E-state index in [-0.39, 0.29) is 23.6 Å². The molecule has 0 saturated carbocycles. The van der Waals surface area contributed by atoms with Crippen LogP contribution in [0.1, 0.15) is 46.9 Å². The molecule has 8 heteroatoms. The summed E-state index contributed by atoms with van der Waals surface area (Å²) in [5.41, 5.74) is 3.02. The molecule has 2 aliphatic rings. The van der Waals surface area contributed by atoms with Crippen LogP contribution in [0.25, 0.3) is 11.3 Å².